The number of methoxy groups -OCH3 is 1. The van der Waals surface area contributed by atoms with Gasteiger partial charge in [-0.15, -0.1) is 0 Å². The second-order valence-corrected chi connectivity index (χ2v) is 3.85. The quantitative estimate of drug-likeness (QED) is 0.484. The highest BCUT2D eigenvalue weighted by Gasteiger charge is 2.12. The fourth-order valence-corrected chi connectivity index (χ4v) is 1.75. The second kappa shape index (κ2) is 6.09. The van der Waals surface area contributed by atoms with Gasteiger partial charge in [0, 0.05) is 0 Å². The van der Waals surface area contributed by atoms with E-state index in [2.05, 4.69) is 21.0 Å². The van der Waals surface area contributed by atoms with Crippen LogP contribution in [0.5, 0.6) is 11.5 Å². The SMILES string of the molecule is COc1cc(C=NN)cc(Br)c1OCC(=O)O. The molecule has 0 spiro atoms. The van der Waals surface area contributed by atoms with Crippen molar-refractivity contribution in [3.05, 3.63) is 22.2 Å². The van der Waals surface area contributed by atoms with Gasteiger partial charge in [-0.25, -0.2) is 4.79 Å². The van der Waals surface area contributed by atoms with E-state index in [4.69, 9.17) is 20.4 Å². The van der Waals surface area contributed by atoms with Gasteiger partial charge < -0.3 is 20.4 Å². The van der Waals surface area contributed by atoms with Crippen LogP contribution in [0.15, 0.2) is 21.7 Å². The number of hydrazone groups is 1. The number of carboxylic acid groups (broad SMARTS) is 1. The first-order valence-corrected chi connectivity index (χ1v) is 5.33. The maximum atomic E-state index is 10.4. The Balaban J connectivity index is 3.07. The van der Waals surface area contributed by atoms with Gasteiger partial charge in [0.25, 0.3) is 0 Å². The molecule has 0 atom stereocenters. The molecule has 0 unspecified atom stereocenters. The lowest BCUT2D eigenvalue weighted by atomic mass is 10.2. The minimum atomic E-state index is -1.06. The number of halogens is 1. The van der Waals surface area contributed by atoms with E-state index in [1.54, 1.807) is 12.1 Å². The summed E-state index contributed by atoms with van der Waals surface area (Å²) in [5.41, 5.74) is 0.707. The van der Waals surface area contributed by atoms with Gasteiger partial charge in [0.1, 0.15) is 0 Å². The number of nitrogens with zero attached hydrogens (tertiary/aromatic N) is 1. The molecular weight excluding hydrogens is 292 g/mol. The largest absolute Gasteiger partial charge is 0.493 e. The van der Waals surface area contributed by atoms with Crippen LogP contribution >= 0.6 is 15.9 Å². The summed E-state index contributed by atoms with van der Waals surface area (Å²) in [6.07, 6.45) is 1.44. The van der Waals surface area contributed by atoms with Gasteiger partial charge in [-0.2, -0.15) is 5.10 Å². The van der Waals surface area contributed by atoms with Crippen LogP contribution in [0.4, 0.5) is 0 Å². The topological polar surface area (TPSA) is 94.1 Å². The van der Waals surface area contributed by atoms with Crippen LogP contribution in [0.1, 0.15) is 5.56 Å². The molecule has 0 aliphatic carbocycles. The van der Waals surface area contributed by atoms with Crippen LogP contribution in [-0.2, 0) is 4.79 Å². The minimum Gasteiger partial charge on any atom is -0.493 e. The first-order valence-electron chi connectivity index (χ1n) is 4.54. The molecule has 7 heteroatoms. The zero-order valence-corrected chi connectivity index (χ0v) is 10.6. The third-order valence-corrected chi connectivity index (χ3v) is 2.40. The van der Waals surface area contributed by atoms with Crippen LogP contribution in [-0.4, -0.2) is 31.0 Å². The summed E-state index contributed by atoms with van der Waals surface area (Å²) in [5.74, 6) is 4.70. The van der Waals surface area contributed by atoms with Crippen molar-refractivity contribution < 1.29 is 19.4 Å². The molecule has 3 N–H and O–H groups in total. The molecule has 0 aliphatic rings. The van der Waals surface area contributed by atoms with Crippen LogP contribution < -0.4 is 15.3 Å². The third kappa shape index (κ3) is 3.63. The average Bonchev–Trinajstić information content (AvgIpc) is 2.27. The predicted octanol–water partition coefficient (Wildman–Crippen LogP) is 1.21. The van der Waals surface area contributed by atoms with E-state index >= 15 is 0 Å². The lowest BCUT2D eigenvalue weighted by molar-refractivity contribution is -0.139. The molecule has 92 valence electrons. The maximum Gasteiger partial charge on any atom is 0.341 e. The summed E-state index contributed by atoms with van der Waals surface area (Å²) in [6, 6.07) is 3.33. The summed E-state index contributed by atoms with van der Waals surface area (Å²) in [4.78, 5) is 10.4. The van der Waals surface area contributed by atoms with E-state index in [1.165, 1.54) is 13.3 Å². The number of ether oxygens (including phenoxy) is 2. The summed E-state index contributed by atoms with van der Waals surface area (Å²) < 4.78 is 10.8. The van der Waals surface area contributed by atoms with Crippen molar-refractivity contribution in [2.24, 2.45) is 10.9 Å². The highest BCUT2D eigenvalue weighted by molar-refractivity contribution is 9.10. The monoisotopic (exact) mass is 302 g/mol. The van der Waals surface area contributed by atoms with Gasteiger partial charge in [0.15, 0.2) is 18.1 Å². The molecule has 0 saturated carbocycles. The highest BCUT2D eigenvalue weighted by Crippen LogP contribution is 2.36. The molecule has 0 radical (unpaired) electrons. The summed E-state index contributed by atoms with van der Waals surface area (Å²) >= 11 is 3.26. The van der Waals surface area contributed by atoms with Crippen molar-refractivity contribution in [2.45, 2.75) is 0 Å². The normalized spacial score (nSPS) is 10.5. The van der Waals surface area contributed by atoms with Crippen molar-refractivity contribution in [2.75, 3.05) is 13.7 Å². The molecule has 6 nitrogen and oxygen atoms in total. The Morgan fingerprint density at radius 2 is 2.35 bits per heavy atom. The zero-order valence-electron chi connectivity index (χ0n) is 9.01. The number of rotatable bonds is 5. The van der Waals surface area contributed by atoms with E-state index in [0.29, 0.717) is 21.5 Å². The Bertz CT molecular complexity index is 448. The van der Waals surface area contributed by atoms with Gasteiger partial charge >= 0.3 is 5.97 Å². The van der Waals surface area contributed by atoms with Crippen molar-refractivity contribution in [3.8, 4) is 11.5 Å². The molecule has 0 aliphatic heterocycles. The number of carboxylic acids is 1. The van der Waals surface area contributed by atoms with Gasteiger partial charge in [0.05, 0.1) is 17.8 Å². The lowest BCUT2D eigenvalue weighted by Gasteiger charge is -2.11. The molecule has 0 heterocycles. The molecule has 1 aromatic rings. The van der Waals surface area contributed by atoms with Crippen LogP contribution in [0.2, 0.25) is 0 Å². The summed E-state index contributed by atoms with van der Waals surface area (Å²) in [6.45, 7) is -0.445. The first-order chi connectivity index (χ1) is 8.08. The number of hydrogen-bond donors (Lipinski definition) is 2. The number of aliphatic carboxylic acids is 1. The fraction of sp³-hybridized carbons (Fsp3) is 0.200. The number of carbonyl (C=O) groups is 1. The van der Waals surface area contributed by atoms with Gasteiger partial charge in [0.2, 0.25) is 0 Å². The maximum absolute atomic E-state index is 10.4. The Kier molecular flexibility index (Phi) is 4.77. The first kappa shape index (κ1) is 13.3. The van der Waals surface area contributed by atoms with Crippen molar-refractivity contribution in [3.63, 3.8) is 0 Å². The van der Waals surface area contributed by atoms with Gasteiger partial charge in [-0.1, -0.05) is 0 Å². The Labute approximate surface area is 106 Å². The van der Waals surface area contributed by atoms with Gasteiger partial charge in [-0.05, 0) is 33.6 Å². The molecule has 0 fully saturated rings. The number of nitrogens with two attached hydrogens (primary N) is 1. The molecule has 17 heavy (non-hydrogen) atoms. The molecular formula is C10H11BrN2O4. The van der Waals surface area contributed by atoms with E-state index in [-0.39, 0.29) is 0 Å². The van der Waals surface area contributed by atoms with Crippen LogP contribution in [0, 0.1) is 0 Å². The number of benzene rings is 1. The Hall–Kier alpha value is -1.76. The zero-order chi connectivity index (χ0) is 12.8. The van der Waals surface area contributed by atoms with E-state index < -0.39 is 12.6 Å². The van der Waals surface area contributed by atoms with Crippen molar-refractivity contribution in [1.29, 1.82) is 0 Å². The Morgan fingerprint density at radius 1 is 1.65 bits per heavy atom. The molecule has 1 aromatic carbocycles. The standard InChI is InChI=1S/C10H11BrN2O4/c1-16-8-3-6(4-13-12)2-7(11)10(8)17-5-9(14)15/h2-4H,5,12H2,1H3,(H,14,15). The molecule has 0 amide bonds. The van der Waals surface area contributed by atoms with Crippen LogP contribution in [0.3, 0.4) is 0 Å². The smallest absolute Gasteiger partial charge is 0.341 e. The van der Waals surface area contributed by atoms with Crippen LogP contribution in [0.25, 0.3) is 0 Å². The Morgan fingerprint density at radius 3 is 2.88 bits per heavy atom. The molecule has 0 bridgehead atoms. The molecule has 0 saturated heterocycles. The van der Waals surface area contributed by atoms with Gasteiger partial charge in [-0.3, -0.25) is 0 Å². The fourth-order valence-electron chi connectivity index (χ4n) is 1.17. The highest BCUT2D eigenvalue weighted by atomic mass is 79.9. The lowest BCUT2D eigenvalue weighted by Crippen LogP contribution is -2.10. The summed E-state index contributed by atoms with van der Waals surface area (Å²) in [7, 11) is 1.46. The van der Waals surface area contributed by atoms with Crippen molar-refractivity contribution in [1.82, 2.24) is 0 Å². The molecule has 0 aromatic heterocycles. The van der Waals surface area contributed by atoms with Crippen molar-refractivity contribution >= 4 is 28.1 Å². The van der Waals surface area contributed by atoms with E-state index in [1.807, 2.05) is 0 Å². The van der Waals surface area contributed by atoms with E-state index in [9.17, 15) is 4.79 Å². The van der Waals surface area contributed by atoms with E-state index in [0.717, 1.165) is 0 Å². The molecule has 1 rings (SSSR count). The number of hydrogen-bond acceptors (Lipinski definition) is 5. The predicted molar refractivity (Wildman–Crippen MR) is 65.6 cm³/mol. The third-order valence-electron chi connectivity index (χ3n) is 1.82. The average molecular weight is 303 g/mol. The second-order valence-electron chi connectivity index (χ2n) is 2.99. The minimum absolute atomic E-state index is 0.323. The summed E-state index contributed by atoms with van der Waals surface area (Å²) in [5, 5.41) is 11.9.